The van der Waals surface area contributed by atoms with Crippen molar-refractivity contribution in [2.24, 2.45) is 5.92 Å². The second-order valence-corrected chi connectivity index (χ2v) is 10.6. The molecule has 36 heavy (non-hydrogen) atoms. The van der Waals surface area contributed by atoms with E-state index >= 15 is 4.39 Å². The fourth-order valence-electron chi connectivity index (χ4n) is 4.84. The van der Waals surface area contributed by atoms with Gasteiger partial charge in [0.1, 0.15) is 16.9 Å². The summed E-state index contributed by atoms with van der Waals surface area (Å²) in [5, 5.41) is 12.2. The molecule has 1 saturated heterocycles. The number of nitrogens with one attached hydrogen (secondary N) is 1. The molecule has 196 valence electrons. The number of pyridine rings is 1. The standard InChI is InChI=1S/C25H33FN4O6/c1-12(28-24(34)36-25(2,3)4)13-8-9-29(10-13)20-17(26)18(27)16-19(22(20)35-5)30(14-6-7-14)11-15(21(16)31)23(32)33/h11-14H,6-10,27H2,1-5H3,(H,28,34)(H,32,33)/t12-,13+/m0/s1. The van der Waals surface area contributed by atoms with Crippen LogP contribution in [0.2, 0.25) is 0 Å². The van der Waals surface area contributed by atoms with Gasteiger partial charge in [-0.05, 0) is 52.9 Å². The summed E-state index contributed by atoms with van der Waals surface area (Å²) in [4.78, 5) is 38.8. The Labute approximate surface area is 208 Å². The van der Waals surface area contributed by atoms with E-state index in [1.165, 1.54) is 13.3 Å². The van der Waals surface area contributed by atoms with E-state index in [2.05, 4.69) is 5.32 Å². The summed E-state index contributed by atoms with van der Waals surface area (Å²) in [6.45, 7) is 8.12. The van der Waals surface area contributed by atoms with Crippen molar-refractivity contribution in [3.05, 3.63) is 27.8 Å². The molecule has 0 unspecified atom stereocenters. The minimum absolute atomic E-state index is 0.00134. The van der Waals surface area contributed by atoms with E-state index in [0.717, 1.165) is 12.8 Å². The molecular formula is C25H33FN4O6. The molecule has 1 aromatic carbocycles. The van der Waals surface area contributed by atoms with Crippen molar-refractivity contribution in [3.63, 3.8) is 0 Å². The number of ether oxygens (including phenoxy) is 2. The van der Waals surface area contributed by atoms with E-state index in [0.29, 0.717) is 25.0 Å². The largest absolute Gasteiger partial charge is 0.492 e. The molecule has 4 rings (SSSR count). The van der Waals surface area contributed by atoms with Gasteiger partial charge in [0.05, 0.1) is 23.7 Å². The highest BCUT2D eigenvalue weighted by Crippen LogP contribution is 2.47. The van der Waals surface area contributed by atoms with Gasteiger partial charge in [0, 0.05) is 31.4 Å². The maximum atomic E-state index is 15.8. The lowest BCUT2D eigenvalue weighted by Crippen LogP contribution is -2.42. The van der Waals surface area contributed by atoms with Gasteiger partial charge >= 0.3 is 12.1 Å². The number of fused-ring (bicyclic) bond motifs is 1. The summed E-state index contributed by atoms with van der Waals surface area (Å²) in [5.74, 6) is -2.08. The summed E-state index contributed by atoms with van der Waals surface area (Å²) >= 11 is 0. The first-order chi connectivity index (χ1) is 16.8. The van der Waals surface area contributed by atoms with Gasteiger partial charge in [0.25, 0.3) is 0 Å². The van der Waals surface area contributed by atoms with Crippen LogP contribution < -0.4 is 26.1 Å². The third-order valence-corrected chi connectivity index (χ3v) is 6.75. The molecule has 2 aromatic rings. The number of aromatic carboxylic acids is 1. The number of aromatic nitrogens is 1. The van der Waals surface area contributed by atoms with E-state index in [1.54, 1.807) is 30.2 Å². The van der Waals surface area contributed by atoms with Crippen molar-refractivity contribution >= 4 is 34.3 Å². The van der Waals surface area contributed by atoms with E-state index in [1.807, 2.05) is 6.92 Å². The van der Waals surface area contributed by atoms with Crippen molar-refractivity contribution in [3.8, 4) is 5.75 Å². The molecule has 1 saturated carbocycles. The van der Waals surface area contributed by atoms with Gasteiger partial charge in [0.2, 0.25) is 5.43 Å². The summed E-state index contributed by atoms with van der Waals surface area (Å²) in [5.41, 5.74) is 4.26. The maximum absolute atomic E-state index is 15.8. The van der Waals surface area contributed by atoms with Crippen LogP contribution in [0.3, 0.4) is 0 Å². The smallest absolute Gasteiger partial charge is 0.407 e. The summed E-state index contributed by atoms with van der Waals surface area (Å²) in [7, 11) is 1.39. The first-order valence-electron chi connectivity index (χ1n) is 12.1. The van der Waals surface area contributed by atoms with Crippen LogP contribution in [0.1, 0.15) is 63.4 Å². The first kappa shape index (κ1) is 25.6. The number of rotatable bonds is 6. The van der Waals surface area contributed by atoms with E-state index in [9.17, 15) is 19.5 Å². The van der Waals surface area contributed by atoms with Gasteiger partial charge in [-0.15, -0.1) is 0 Å². The maximum Gasteiger partial charge on any atom is 0.407 e. The molecule has 2 fully saturated rings. The summed E-state index contributed by atoms with van der Waals surface area (Å²) in [6.07, 6.45) is 3.05. The van der Waals surface area contributed by atoms with Gasteiger partial charge in [-0.25, -0.2) is 14.0 Å². The number of carboxylic acids is 1. The van der Waals surface area contributed by atoms with Crippen molar-refractivity contribution in [1.29, 1.82) is 0 Å². The predicted molar refractivity (Wildman–Crippen MR) is 134 cm³/mol. The van der Waals surface area contributed by atoms with Crippen molar-refractivity contribution in [2.75, 3.05) is 30.8 Å². The zero-order valence-electron chi connectivity index (χ0n) is 21.2. The Morgan fingerprint density at radius 3 is 2.50 bits per heavy atom. The quantitative estimate of drug-likeness (QED) is 0.509. The molecular weight excluding hydrogens is 471 g/mol. The SMILES string of the molecule is COc1c(N2CC[C@@H]([C@H](C)NC(=O)OC(C)(C)C)C2)c(F)c(N)c2c(=O)c(C(=O)O)cn(C3CC3)c12. The Balaban J connectivity index is 1.74. The summed E-state index contributed by atoms with van der Waals surface area (Å²) in [6, 6.07) is -0.262. The molecule has 10 nitrogen and oxygen atoms in total. The normalized spacial score (nSPS) is 18.8. The minimum atomic E-state index is -1.40. The van der Waals surface area contributed by atoms with E-state index in [4.69, 9.17) is 15.2 Å². The minimum Gasteiger partial charge on any atom is -0.492 e. The number of nitrogens with zero attached hydrogens (tertiary/aromatic N) is 2. The molecule has 1 aliphatic heterocycles. The van der Waals surface area contributed by atoms with Gasteiger partial charge < -0.3 is 35.1 Å². The lowest BCUT2D eigenvalue weighted by molar-refractivity contribution is 0.0494. The summed E-state index contributed by atoms with van der Waals surface area (Å²) < 4.78 is 28.5. The van der Waals surface area contributed by atoms with Gasteiger partial charge in [-0.3, -0.25) is 4.79 Å². The third-order valence-electron chi connectivity index (χ3n) is 6.75. The van der Waals surface area contributed by atoms with Crippen LogP contribution in [0.25, 0.3) is 10.9 Å². The number of nitrogens with two attached hydrogens (primary N) is 1. The zero-order valence-corrected chi connectivity index (χ0v) is 21.2. The van der Waals surface area contributed by atoms with Crippen LogP contribution in [-0.4, -0.2) is 53.6 Å². The Morgan fingerprint density at radius 2 is 1.94 bits per heavy atom. The third kappa shape index (κ3) is 4.66. The lowest BCUT2D eigenvalue weighted by atomic mass is 10.0. The van der Waals surface area contributed by atoms with Gasteiger partial charge in [-0.1, -0.05) is 0 Å². The molecule has 2 atom stereocenters. The number of hydrogen-bond acceptors (Lipinski definition) is 7. The Morgan fingerprint density at radius 1 is 1.28 bits per heavy atom. The van der Waals surface area contributed by atoms with Crippen LogP contribution in [0.15, 0.2) is 11.0 Å². The number of benzene rings is 1. The molecule has 11 heteroatoms. The molecule has 1 aliphatic carbocycles. The molecule has 0 spiro atoms. The van der Waals surface area contributed by atoms with E-state index in [-0.39, 0.29) is 34.8 Å². The van der Waals surface area contributed by atoms with E-state index < -0.39 is 40.2 Å². The predicted octanol–water partition coefficient (Wildman–Crippen LogP) is 3.50. The highest BCUT2D eigenvalue weighted by Gasteiger charge is 2.36. The number of nitrogen functional groups attached to an aromatic ring is 1. The average molecular weight is 505 g/mol. The number of halogens is 1. The molecule has 2 aliphatic rings. The van der Waals surface area contributed by atoms with Crippen LogP contribution in [-0.2, 0) is 4.74 Å². The topological polar surface area (TPSA) is 136 Å². The monoisotopic (exact) mass is 504 g/mol. The molecule has 4 N–H and O–H groups in total. The fourth-order valence-corrected chi connectivity index (χ4v) is 4.84. The average Bonchev–Trinajstić information content (AvgIpc) is 3.50. The Bertz CT molecular complexity index is 1280. The highest BCUT2D eigenvalue weighted by atomic mass is 19.1. The number of carbonyl (C=O) groups is 2. The van der Waals surface area contributed by atoms with Crippen LogP contribution in [0.5, 0.6) is 5.75 Å². The first-order valence-corrected chi connectivity index (χ1v) is 12.1. The second kappa shape index (κ2) is 9.18. The highest BCUT2D eigenvalue weighted by molar-refractivity contribution is 6.03. The number of hydrogen-bond donors (Lipinski definition) is 3. The molecule has 2 heterocycles. The van der Waals surface area contributed by atoms with Crippen LogP contribution >= 0.6 is 0 Å². The van der Waals surface area contributed by atoms with Gasteiger partial charge in [-0.2, -0.15) is 0 Å². The fraction of sp³-hybridized carbons (Fsp3) is 0.560. The number of anilines is 2. The Kier molecular flexibility index (Phi) is 6.52. The molecule has 0 bridgehead atoms. The molecule has 0 radical (unpaired) electrons. The number of carboxylic acid groups (broad SMARTS) is 1. The molecule has 1 aromatic heterocycles. The molecule has 1 amide bonds. The zero-order chi connectivity index (χ0) is 26.5. The van der Waals surface area contributed by atoms with Crippen molar-refractivity contribution in [1.82, 2.24) is 9.88 Å². The second-order valence-electron chi connectivity index (χ2n) is 10.6. The van der Waals surface area contributed by atoms with Gasteiger partial charge in [0.15, 0.2) is 11.6 Å². The lowest BCUT2D eigenvalue weighted by Gasteiger charge is -2.27. The Hall–Kier alpha value is -3.50. The van der Waals surface area contributed by atoms with Crippen LogP contribution in [0.4, 0.5) is 20.6 Å². The number of amides is 1. The van der Waals surface area contributed by atoms with Crippen LogP contribution in [0, 0.1) is 11.7 Å². The number of carbonyl (C=O) groups excluding carboxylic acids is 1. The number of alkyl carbamates (subject to hydrolysis) is 1. The van der Waals surface area contributed by atoms with Crippen molar-refractivity contribution in [2.45, 2.75) is 64.6 Å². The van der Waals surface area contributed by atoms with Crippen molar-refractivity contribution < 1.29 is 28.6 Å². The number of methoxy groups -OCH3 is 1.